The Kier molecular flexibility index (Phi) is 4.32. The van der Waals surface area contributed by atoms with E-state index in [1.165, 1.54) is 18.2 Å². The van der Waals surface area contributed by atoms with Crippen LogP contribution in [0.5, 0.6) is 5.75 Å². The van der Waals surface area contributed by atoms with Crippen molar-refractivity contribution in [3.63, 3.8) is 0 Å². The summed E-state index contributed by atoms with van der Waals surface area (Å²) in [6, 6.07) is 15.2. The van der Waals surface area contributed by atoms with Gasteiger partial charge in [0.2, 0.25) is 0 Å². The van der Waals surface area contributed by atoms with Gasteiger partial charge in [0.1, 0.15) is 18.2 Å². The van der Waals surface area contributed by atoms with Gasteiger partial charge in [-0.3, -0.25) is 0 Å². The van der Waals surface area contributed by atoms with Crippen molar-refractivity contribution in [2.75, 3.05) is 0 Å². The molecule has 4 heteroatoms. The number of halogens is 1. The molecule has 0 aliphatic heterocycles. The van der Waals surface area contributed by atoms with Crippen LogP contribution in [-0.4, -0.2) is 0 Å². The Morgan fingerprint density at radius 2 is 1.80 bits per heavy atom. The molecular weight excluding hydrogens is 255 g/mol. The Labute approximate surface area is 116 Å². The first-order chi connectivity index (χ1) is 9.72. The Balaban J connectivity index is 2.05. The number of hydrogen-bond acceptors (Lipinski definition) is 3. The van der Waals surface area contributed by atoms with Crippen LogP contribution in [0, 0.1) is 28.5 Å². The number of nitrogens with zero attached hydrogens (tertiary/aromatic N) is 2. The molecule has 98 valence electrons. The standard InChI is InChI=1S/C16H11FN2O/c17-16-6-3-13(10-19)9-14(16)11-20-15-4-1-12(2-5-15)7-8-18/h1-6,9H,7,11H2. The molecule has 0 aromatic heterocycles. The Morgan fingerprint density at radius 3 is 2.45 bits per heavy atom. The van der Waals surface area contributed by atoms with Gasteiger partial charge in [-0.05, 0) is 35.9 Å². The molecule has 0 amide bonds. The van der Waals surface area contributed by atoms with Crippen LogP contribution in [-0.2, 0) is 13.0 Å². The maximum absolute atomic E-state index is 13.5. The fourth-order valence-electron chi connectivity index (χ4n) is 1.71. The topological polar surface area (TPSA) is 56.8 Å². The lowest BCUT2D eigenvalue weighted by Crippen LogP contribution is -1.99. The molecule has 0 unspecified atom stereocenters. The molecule has 0 saturated heterocycles. The van der Waals surface area contributed by atoms with Crippen LogP contribution in [0.25, 0.3) is 0 Å². The van der Waals surface area contributed by atoms with E-state index in [9.17, 15) is 4.39 Å². The van der Waals surface area contributed by atoms with Gasteiger partial charge >= 0.3 is 0 Å². The van der Waals surface area contributed by atoms with E-state index >= 15 is 0 Å². The van der Waals surface area contributed by atoms with Crippen LogP contribution in [0.15, 0.2) is 42.5 Å². The zero-order valence-corrected chi connectivity index (χ0v) is 10.6. The summed E-state index contributed by atoms with van der Waals surface area (Å²) in [6.45, 7) is 0.0545. The molecule has 2 aromatic rings. The first-order valence-corrected chi connectivity index (χ1v) is 6.00. The minimum Gasteiger partial charge on any atom is -0.489 e. The van der Waals surface area contributed by atoms with Crippen molar-refractivity contribution in [1.29, 1.82) is 10.5 Å². The van der Waals surface area contributed by atoms with E-state index in [1.807, 2.05) is 6.07 Å². The quantitative estimate of drug-likeness (QED) is 0.852. The van der Waals surface area contributed by atoms with Gasteiger partial charge < -0.3 is 4.74 Å². The lowest BCUT2D eigenvalue weighted by atomic mass is 10.1. The molecule has 0 spiro atoms. The molecule has 0 saturated carbocycles. The molecule has 0 N–H and O–H groups in total. The van der Waals surface area contributed by atoms with Gasteiger partial charge in [0.15, 0.2) is 0 Å². The summed E-state index contributed by atoms with van der Waals surface area (Å²) in [7, 11) is 0. The third kappa shape index (κ3) is 3.34. The average molecular weight is 266 g/mol. The molecule has 20 heavy (non-hydrogen) atoms. The van der Waals surface area contributed by atoms with Crippen molar-refractivity contribution in [2.45, 2.75) is 13.0 Å². The second kappa shape index (κ2) is 6.36. The Morgan fingerprint density at radius 1 is 1.05 bits per heavy atom. The molecule has 0 fully saturated rings. The smallest absolute Gasteiger partial charge is 0.129 e. The number of nitriles is 2. The van der Waals surface area contributed by atoms with E-state index in [4.69, 9.17) is 15.3 Å². The van der Waals surface area contributed by atoms with E-state index in [2.05, 4.69) is 6.07 Å². The van der Waals surface area contributed by atoms with Crippen molar-refractivity contribution < 1.29 is 9.13 Å². The molecule has 3 nitrogen and oxygen atoms in total. The molecule has 2 rings (SSSR count). The zero-order valence-electron chi connectivity index (χ0n) is 10.6. The normalized spacial score (nSPS) is 9.55. The minimum absolute atomic E-state index is 0.0545. The monoisotopic (exact) mass is 266 g/mol. The van der Waals surface area contributed by atoms with E-state index in [0.717, 1.165) is 5.56 Å². The third-order valence-electron chi connectivity index (χ3n) is 2.78. The van der Waals surface area contributed by atoms with E-state index in [0.29, 0.717) is 23.3 Å². The highest BCUT2D eigenvalue weighted by Gasteiger charge is 2.05. The maximum Gasteiger partial charge on any atom is 0.129 e. The molecule has 0 atom stereocenters. The summed E-state index contributed by atoms with van der Waals surface area (Å²) < 4.78 is 19.0. The van der Waals surface area contributed by atoms with Crippen LogP contribution < -0.4 is 4.74 Å². The van der Waals surface area contributed by atoms with Crippen LogP contribution in [0.2, 0.25) is 0 Å². The third-order valence-corrected chi connectivity index (χ3v) is 2.78. The fraction of sp³-hybridized carbons (Fsp3) is 0.125. The summed E-state index contributed by atoms with van der Waals surface area (Å²) in [5, 5.41) is 17.4. The first-order valence-electron chi connectivity index (χ1n) is 6.00. The summed E-state index contributed by atoms with van der Waals surface area (Å²) in [5.74, 6) is 0.193. The van der Waals surface area contributed by atoms with Gasteiger partial charge in [-0.2, -0.15) is 10.5 Å². The fourth-order valence-corrected chi connectivity index (χ4v) is 1.71. The van der Waals surface area contributed by atoms with E-state index in [-0.39, 0.29) is 6.61 Å². The molecule has 0 radical (unpaired) electrons. The second-order valence-corrected chi connectivity index (χ2v) is 4.19. The van der Waals surface area contributed by atoms with Crippen molar-refractivity contribution in [3.8, 4) is 17.9 Å². The van der Waals surface area contributed by atoms with Gasteiger partial charge in [0.05, 0.1) is 24.1 Å². The minimum atomic E-state index is -0.398. The van der Waals surface area contributed by atoms with Gasteiger partial charge in [0.25, 0.3) is 0 Å². The summed E-state index contributed by atoms with van der Waals surface area (Å²) in [6.07, 6.45) is 0.346. The summed E-state index contributed by atoms with van der Waals surface area (Å²) in [5.41, 5.74) is 1.64. The highest BCUT2D eigenvalue weighted by Crippen LogP contribution is 2.16. The van der Waals surface area contributed by atoms with Gasteiger partial charge in [-0.15, -0.1) is 0 Å². The van der Waals surface area contributed by atoms with Crippen LogP contribution in [0.3, 0.4) is 0 Å². The highest BCUT2D eigenvalue weighted by molar-refractivity contribution is 5.34. The Bertz CT molecular complexity index is 681. The number of benzene rings is 2. The predicted molar refractivity (Wildman–Crippen MR) is 71.2 cm³/mol. The largest absolute Gasteiger partial charge is 0.489 e. The second-order valence-electron chi connectivity index (χ2n) is 4.19. The number of rotatable bonds is 4. The van der Waals surface area contributed by atoms with Crippen molar-refractivity contribution >= 4 is 0 Å². The van der Waals surface area contributed by atoms with Crippen molar-refractivity contribution in [3.05, 3.63) is 65.0 Å². The van der Waals surface area contributed by atoms with Crippen LogP contribution >= 0.6 is 0 Å². The maximum atomic E-state index is 13.5. The first kappa shape index (κ1) is 13.6. The number of ether oxygens (including phenoxy) is 1. The van der Waals surface area contributed by atoms with Gasteiger partial charge in [-0.1, -0.05) is 12.1 Å². The average Bonchev–Trinajstić information content (AvgIpc) is 2.48. The Hall–Kier alpha value is -2.85. The predicted octanol–water partition coefficient (Wildman–Crippen LogP) is 3.34. The molecule has 0 bridgehead atoms. The SMILES string of the molecule is N#CCc1ccc(OCc2cc(C#N)ccc2F)cc1. The van der Waals surface area contributed by atoms with E-state index in [1.54, 1.807) is 24.3 Å². The molecule has 0 aliphatic carbocycles. The molecule has 0 aliphatic rings. The molecule has 2 aromatic carbocycles. The van der Waals surface area contributed by atoms with Crippen LogP contribution in [0.4, 0.5) is 4.39 Å². The van der Waals surface area contributed by atoms with E-state index < -0.39 is 5.82 Å². The zero-order chi connectivity index (χ0) is 14.4. The highest BCUT2D eigenvalue weighted by atomic mass is 19.1. The summed E-state index contributed by atoms with van der Waals surface area (Å²) in [4.78, 5) is 0. The lowest BCUT2D eigenvalue weighted by molar-refractivity contribution is 0.300. The van der Waals surface area contributed by atoms with Gasteiger partial charge in [0, 0.05) is 5.56 Å². The van der Waals surface area contributed by atoms with Crippen molar-refractivity contribution in [1.82, 2.24) is 0 Å². The summed E-state index contributed by atoms with van der Waals surface area (Å²) >= 11 is 0. The van der Waals surface area contributed by atoms with Crippen LogP contribution in [0.1, 0.15) is 16.7 Å². The lowest BCUT2D eigenvalue weighted by Gasteiger charge is -2.08. The molecular formula is C16H11FN2O. The van der Waals surface area contributed by atoms with Gasteiger partial charge in [-0.25, -0.2) is 4.39 Å². The van der Waals surface area contributed by atoms with Crippen molar-refractivity contribution in [2.24, 2.45) is 0 Å². The number of hydrogen-bond donors (Lipinski definition) is 0. The molecule has 0 heterocycles.